The molecule has 0 saturated carbocycles. The molecule has 4 rings (SSSR count). The SMILES string of the molecule is CC(C)(C(=O)N1CCC(CC(=O)O)CC1)C(NC(=O)c1ccc(C(=N)N)cc1)c1cccc(OCc2ccccc2)c1. The highest BCUT2D eigenvalue weighted by Gasteiger charge is 2.42. The monoisotopic (exact) mass is 570 g/mol. The van der Waals surface area contributed by atoms with Crippen molar-refractivity contribution in [3.63, 3.8) is 0 Å². The third-order valence-corrected chi connectivity index (χ3v) is 7.81. The number of rotatable bonds is 11. The fraction of sp³-hybridized carbons (Fsp3) is 0.333. The summed E-state index contributed by atoms with van der Waals surface area (Å²) in [5.41, 5.74) is 7.13. The van der Waals surface area contributed by atoms with Gasteiger partial charge in [0, 0.05) is 30.6 Å². The van der Waals surface area contributed by atoms with Crippen molar-refractivity contribution in [1.29, 1.82) is 5.41 Å². The molecule has 2 amide bonds. The summed E-state index contributed by atoms with van der Waals surface area (Å²) < 4.78 is 6.05. The second-order valence-electron chi connectivity index (χ2n) is 11.3. The van der Waals surface area contributed by atoms with Crippen LogP contribution in [0.25, 0.3) is 0 Å². The largest absolute Gasteiger partial charge is 0.489 e. The van der Waals surface area contributed by atoms with Gasteiger partial charge in [0.05, 0.1) is 11.5 Å². The van der Waals surface area contributed by atoms with Crippen molar-refractivity contribution < 1.29 is 24.2 Å². The van der Waals surface area contributed by atoms with Gasteiger partial charge in [-0.1, -0.05) is 54.6 Å². The Kier molecular flexibility index (Phi) is 9.62. The number of nitrogens with zero attached hydrogens (tertiary/aromatic N) is 1. The normalized spacial score (nSPS) is 14.6. The van der Waals surface area contributed by atoms with Crippen molar-refractivity contribution in [3.8, 4) is 5.75 Å². The molecule has 1 heterocycles. The van der Waals surface area contributed by atoms with Gasteiger partial charge in [-0.3, -0.25) is 19.8 Å². The smallest absolute Gasteiger partial charge is 0.303 e. The molecular formula is C33H38N4O5. The predicted molar refractivity (Wildman–Crippen MR) is 160 cm³/mol. The molecule has 1 aliphatic heterocycles. The molecule has 9 nitrogen and oxygen atoms in total. The Hall–Kier alpha value is -4.66. The molecule has 1 unspecified atom stereocenters. The van der Waals surface area contributed by atoms with Gasteiger partial charge < -0.3 is 25.8 Å². The number of carboxylic acids is 1. The van der Waals surface area contributed by atoms with Crippen molar-refractivity contribution in [2.24, 2.45) is 17.1 Å². The van der Waals surface area contributed by atoms with Crippen LogP contribution in [0.3, 0.4) is 0 Å². The molecule has 3 aromatic carbocycles. The highest BCUT2D eigenvalue weighted by Crippen LogP contribution is 2.38. The van der Waals surface area contributed by atoms with Gasteiger partial charge in [0.25, 0.3) is 5.91 Å². The Morgan fingerprint density at radius 1 is 1.00 bits per heavy atom. The molecule has 1 aliphatic rings. The minimum absolute atomic E-state index is 0.0431. The van der Waals surface area contributed by atoms with E-state index >= 15 is 0 Å². The van der Waals surface area contributed by atoms with Crippen LogP contribution in [0.2, 0.25) is 0 Å². The van der Waals surface area contributed by atoms with E-state index in [0.29, 0.717) is 55.0 Å². The molecule has 5 N–H and O–H groups in total. The molecule has 0 spiro atoms. The lowest BCUT2D eigenvalue weighted by Crippen LogP contribution is -2.51. The quantitative estimate of drug-likeness (QED) is 0.193. The van der Waals surface area contributed by atoms with Gasteiger partial charge in [0.15, 0.2) is 0 Å². The number of nitrogens with two attached hydrogens (primary N) is 1. The molecule has 1 fully saturated rings. The molecule has 0 radical (unpaired) electrons. The van der Waals surface area contributed by atoms with Crippen LogP contribution < -0.4 is 15.8 Å². The van der Waals surface area contributed by atoms with Crippen molar-refractivity contribution in [2.75, 3.05) is 13.1 Å². The number of carbonyl (C=O) groups excluding carboxylic acids is 2. The Balaban J connectivity index is 1.59. The van der Waals surface area contributed by atoms with Crippen LogP contribution in [0.4, 0.5) is 0 Å². The van der Waals surface area contributed by atoms with Gasteiger partial charge in [-0.15, -0.1) is 0 Å². The topological polar surface area (TPSA) is 146 Å². The second-order valence-corrected chi connectivity index (χ2v) is 11.3. The number of aliphatic carboxylic acids is 1. The maximum absolute atomic E-state index is 14.0. The average Bonchev–Trinajstić information content (AvgIpc) is 2.99. The first-order valence-corrected chi connectivity index (χ1v) is 14.1. The summed E-state index contributed by atoms with van der Waals surface area (Å²) in [6.07, 6.45) is 1.34. The van der Waals surface area contributed by atoms with Crippen LogP contribution >= 0.6 is 0 Å². The number of amidine groups is 1. The number of likely N-dealkylation sites (tertiary alicyclic amines) is 1. The number of benzene rings is 3. The highest BCUT2D eigenvalue weighted by molar-refractivity contribution is 5.98. The number of ether oxygens (including phenoxy) is 1. The number of nitrogen functional groups attached to an aromatic ring is 1. The fourth-order valence-corrected chi connectivity index (χ4v) is 5.34. The molecule has 42 heavy (non-hydrogen) atoms. The molecule has 220 valence electrons. The summed E-state index contributed by atoms with van der Waals surface area (Å²) in [5, 5.41) is 19.9. The maximum Gasteiger partial charge on any atom is 0.303 e. The Labute approximate surface area is 246 Å². The summed E-state index contributed by atoms with van der Waals surface area (Å²) in [4.78, 5) is 40.4. The lowest BCUT2D eigenvalue weighted by Gasteiger charge is -2.40. The summed E-state index contributed by atoms with van der Waals surface area (Å²) in [5.74, 6) is -0.754. The molecule has 1 atom stereocenters. The minimum atomic E-state index is -1.05. The Morgan fingerprint density at radius 3 is 2.26 bits per heavy atom. The van der Waals surface area contributed by atoms with Crippen molar-refractivity contribution >= 4 is 23.6 Å². The first-order chi connectivity index (χ1) is 20.0. The average molecular weight is 571 g/mol. The number of carbonyl (C=O) groups is 3. The van der Waals surface area contributed by atoms with E-state index in [-0.39, 0.29) is 30.0 Å². The number of hydrogen-bond acceptors (Lipinski definition) is 5. The van der Waals surface area contributed by atoms with Crippen LogP contribution in [0, 0.1) is 16.7 Å². The van der Waals surface area contributed by atoms with Crippen molar-refractivity contribution in [2.45, 2.75) is 45.8 Å². The van der Waals surface area contributed by atoms with E-state index < -0.39 is 17.4 Å². The Morgan fingerprint density at radius 2 is 1.64 bits per heavy atom. The summed E-state index contributed by atoms with van der Waals surface area (Å²) in [7, 11) is 0. The van der Waals surface area contributed by atoms with Crippen LogP contribution in [0.1, 0.15) is 66.2 Å². The zero-order valence-electron chi connectivity index (χ0n) is 24.0. The van der Waals surface area contributed by atoms with Crippen LogP contribution in [-0.4, -0.2) is 46.7 Å². The van der Waals surface area contributed by atoms with Gasteiger partial charge in [0.2, 0.25) is 5.91 Å². The molecule has 0 aromatic heterocycles. The standard InChI is InChI=1S/C33H38N4O5/c1-33(2,32(41)37-17-15-22(16-18-37)19-28(38)39)29(36-31(40)25-13-11-24(12-14-25)30(34)35)26-9-6-10-27(20-26)42-21-23-7-4-3-5-8-23/h3-14,20,22,29H,15-19,21H2,1-2H3,(H3,34,35)(H,36,40)(H,38,39). The second kappa shape index (κ2) is 13.3. The first kappa shape index (κ1) is 30.3. The summed E-state index contributed by atoms with van der Waals surface area (Å²) >= 11 is 0. The molecule has 1 saturated heterocycles. The van der Waals surface area contributed by atoms with E-state index in [4.69, 9.17) is 21.0 Å². The summed E-state index contributed by atoms with van der Waals surface area (Å²) in [6, 6.07) is 22.9. The maximum atomic E-state index is 14.0. The third kappa shape index (κ3) is 7.54. The third-order valence-electron chi connectivity index (χ3n) is 7.81. The van der Waals surface area contributed by atoms with Crippen LogP contribution in [0.15, 0.2) is 78.9 Å². The number of amides is 2. The van der Waals surface area contributed by atoms with Gasteiger partial charge >= 0.3 is 5.97 Å². The van der Waals surface area contributed by atoms with Gasteiger partial charge in [-0.25, -0.2) is 0 Å². The van der Waals surface area contributed by atoms with Gasteiger partial charge in [0.1, 0.15) is 18.2 Å². The van der Waals surface area contributed by atoms with Gasteiger partial charge in [-0.2, -0.15) is 0 Å². The fourth-order valence-electron chi connectivity index (χ4n) is 5.34. The van der Waals surface area contributed by atoms with E-state index in [1.165, 1.54) is 0 Å². The molecule has 0 bridgehead atoms. The first-order valence-electron chi connectivity index (χ1n) is 14.1. The molecule has 3 aromatic rings. The van der Waals surface area contributed by atoms with E-state index in [1.807, 2.05) is 68.4 Å². The van der Waals surface area contributed by atoms with Crippen molar-refractivity contribution in [1.82, 2.24) is 10.2 Å². The van der Waals surface area contributed by atoms with Crippen molar-refractivity contribution in [3.05, 3.63) is 101 Å². The molecular weight excluding hydrogens is 532 g/mol. The van der Waals surface area contributed by atoms with E-state index in [9.17, 15) is 14.4 Å². The van der Waals surface area contributed by atoms with E-state index in [2.05, 4.69) is 5.32 Å². The zero-order chi connectivity index (χ0) is 30.3. The Bertz CT molecular complexity index is 1410. The van der Waals surface area contributed by atoms with E-state index in [1.54, 1.807) is 29.2 Å². The lowest BCUT2D eigenvalue weighted by molar-refractivity contribution is -0.144. The molecule has 0 aliphatic carbocycles. The van der Waals surface area contributed by atoms with Crippen LogP contribution in [0.5, 0.6) is 5.75 Å². The van der Waals surface area contributed by atoms with Gasteiger partial charge in [-0.05, 0) is 68.0 Å². The number of carboxylic acid groups (broad SMARTS) is 1. The minimum Gasteiger partial charge on any atom is -0.489 e. The lowest BCUT2D eigenvalue weighted by atomic mass is 9.78. The summed E-state index contributed by atoms with van der Waals surface area (Å²) in [6.45, 7) is 4.94. The van der Waals surface area contributed by atoms with Crippen LogP contribution in [-0.2, 0) is 16.2 Å². The zero-order valence-corrected chi connectivity index (χ0v) is 24.0. The number of hydrogen-bond donors (Lipinski definition) is 4. The highest BCUT2D eigenvalue weighted by atomic mass is 16.5. The predicted octanol–water partition coefficient (Wildman–Crippen LogP) is 4.76. The van der Waals surface area contributed by atoms with E-state index in [0.717, 1.165) is 5.56 Å². The molecule has 9 heteroatoms. The number of nitrogens with one attached hydrogen (secondary N) is 2. The number of piperidine rings is 1.